The normalized spacial score (nSPS) is 16.8. The van der Waals surface area contributed by atoms with Crippen molar-refractivity contribution in [1.82, 2.24) is 0 Å². The molecule has 1 aliphatic rings. The van der Waals surface area contributed by atoms with Gasteiger partial charge >= 0.3 is 5.97 Å². The third-order valence-electron chi connectivity index (χ3n) is 4.05. The Bertz CT molecular complexity index is 698. The van der Waals surface area contributed by atoms with Gasteiger partial charge < -0.3 is 4.74 Å². The summed E-state index contributed by atoms with van der Waals surface area (Å²) >= 11 is 0. The average Bonchev–Trinajstić information content (AvgIpc) is 3.09. The zero-order valence-corrected chi connectivity index (χ0v) is 13.9. The van der Waals surface area contributed by atoms with Crippen LogP contribution in [0.1, 0.15) is 31.7 Å². The van der Waals surface area contributed by atoms with Crippen molar-refractivity contribution in [3.8, 4) is 0 Å². The van der Waals surface area contributed by atoms with Gasteiger partial charge in [-0.1, -0.05) is 61.9 Å². The van der Waals surface area contributed by atoms with Gasteiger partial charge in [-0.3, -0.25) is 5.01 Å². The van der Waals surface area contributed by atoms with Crippen LogP contribution in [0, 0.1) is 0 Å². The summed E-state index contributed by atoms with van der Waals surface area (Å²) in [5, 5.41) is 6.50. The summed E-state index contributed by atoms with van der Waals surface area (Å²) in [5.74, 6) is -0.206. The van der Waals surface area contributed by atoms with E-state index >= 15 is 0 Å². The van der Waals surface area contributed by atoms with E-state index in [9.17, 15) is 4.79 Å². The summed E-state index contributed by atoms with van der Waals surface area (Å²) in [7, 11) is 0. The molecule has 0 bridgehead atoms. The van der Waals surface area contributed by atoms with Gasteiger partial charge in [0.1, 0.15) is 0 Å². The first-order valence-corrected chi connectivity index (χ1v) is 8.43. The van der Waals surface area contributed by atoms with Crippen LogP contribution in [0.25, 0.3) is 0 Å². The van der Waals surface area contributed by atoms with Crippen molar-refractivity contribution in [2.24, 2.45) is 5.10 Å². The fourth-order valence-corrected chi connectivity index (χ4v) is 2.73. The van der Waals surface area contributed by atoms with Gasteiger partial charge in [-0.2, -0.15) is 5.10 Å². The minimum atomic E-state index is -0.403. The van der Waals surface area contributed by atoms with E-state index < -0.39 is 6.04 Å². The highest BCUT2D eigenvalue weighted by Crippen LogP contribution is 2.27. The summed E-state index contributed by atoms with van der Waals surface area (Å²) in [6.07, 6.45) is 2.45. The molecular formula is C20H22N2O2. The zero-order chi connectivity index (χ0) is 16.8. The fraction of sp³-hybridized carbons (Fsp3) is 0.300. The van der Waals surface area contributed by atoms with Crippen LogP contribution in [0.2, 0.25) is 0 Å². The molecule has 2 aromatic carbocycles. The van der Waals surface area contributed by atoms with Gasteiger partial charge in [-0.05, 0) is 24.1 Å². The van der Waals surface area contributed by atoms with E-state index in [1.807, 2.05) is 60.7 Å². The molecule has 0 saturated heterocycles. The number of unbranched alkanes of at least 4 members (excludes halogenated alkanes) is 1. The number of hydrogen-bond acceptors (Lipinski definition) is 4. The van der Waals surface area contributed by atoms with Crippen molar-refractivity contribution in [3.63, 3.8) is 0 Å². The number of rotatable bonds is 6. The highest BCUT2D eigenvalue weighted by Gasteiger charge is 2.35. The first kappa shape index (κ1) is 16.2. The van der Waals surface area contributed by atoms with Crippen LogP contribution in [0.3, 0.4) is 0 Å². The standard InChI is InChI=1S/C20H22N2O2/c1-2-3-14-24-20(23)19-15-18(16-10-6-4-7-11-16)21-22(19)17-12-8-5-9-13-17/h4-13,19H,2-3,14-15H2,1H3. The van der Waals surface area contributed by atoms with E-state index in [1.54, 1.807) is 5.01 Å². The molecule has 1 aliphatic heterocycles. The van der Waals surface area contributed by atoms with Crippen molar-refractivity contribution < 1.29 is 9.53 Å². The number of nitrogens with zero attached hydrogens (tertiary/aromatic N) is 2. The van der Waals surface area contributed by atoms with E-state index in [1.165, 1.54) is 0 Å². The van der Waals surface area contributed by atoms with Crippen LogP contribution in [0.15, 0.2) is 65.8 Å². The number of para-hydroxylation sites is 1. The second kappa shape index (κ2) is 7.77. The number of carbonyl (C=O) groups is 1. The van der Waals surface area contributed by atoms with Gasteiger partial charge in [0.2, 0.25) is 0 Å². The van der Waals surface area contributed by atoms with E-state index in [0.717, 1.165) is 29.8 Å². The molecule has 4 heteroatoms. The molecule has 0 spiro atoms. The first-order valence-electron chi connectivity index (χ1n) is 8.43. The highest BCUT2D eigenvalue weighted by molar-refractivity contribution is 6.06. The summed E-state index contributed by atoms with van der Waals surface area (Å²) in [5.41, 5.74) is 2.86. The largest absolute Gasteiger partial charge is 0.464 e. The molecule has 4 nitrogen and oxygen atoms in total. The summed E-state index contributed by atoms with van der Waals surface area (Å²) in [4.78, 5) is 12.5. The lowest BCUT2D eigenvalue weighted by Crippen LogP contribution is -2.36. The summed E-state index contributed by atoms with van der Waals surface area (Å²) < 4.78 is 5.45. The highest BCUT2D eigenvalue weighted by atomic mass is 16.5. The number of ether oxygens (including phenoxy) is 1. The Morgan fingerprint density at radius 2 is 1.79 bits per heavy atom. The Kier molecular flexibility index (Phi) is 5.26. The number of anilines is 1. The predicted molar refractivity (Wildman–Crippen MR) is 96.2 cm³/mol. The van der Waals surface area contributed by atoms with Crippen LogP contribution < -0.4 is 5.01 Å². The topological polar surface area (TPSA) is 41.9 Å². The van der Waals surface area contributed by atoms with Crippen molar-refractivity contribution >= 4 is 17.4 Å². The number of benzene rings is 2. The Hall–Kier alpha value is -2.62. The molecule has 0 saturated carbocycles. The molecule has 0 N–H and O–H groups in total. The van der Waals surface area contributed by atoms with E-state index in [2.05, 4.69) is 6.92 Å². The molecule has 3 rings (SSSR count). The molecule has 24 heavy (non-hydrogen) atoms. The van der Waals surface area contributed by atoms with Crippen LogP contribution in [0.5, 0.6) is 0 Å². The van der Waals surface area contributed by atoms with E-state index in [4.69, 9.17) is 9.84 Å². The number of hydrogen-bond donors (Lipinski definition) is 0. The van der Waals surface area contributed by atoms with Gasteiger partial charge in [0.05, 0.1) is 18.0 Å². The van der Waals surface area contributed by atoms with E-state index in [-0.39, 0.29) is 5.97 Å². The summed E-state index contributed by atoms with van der Waals surface area (Å²) in [6, 6.07) is 19.4. The maximum Gasteiger partial charge on any atom is 0.331 e. The Balaban J connectivity index is 1.84. The SMILES string of the molecule is CCCCOC(=O)C1CC(c2ccccc2)=NN1c1ccccc1. The molecule has 0 amide bonds. The van der Waals surface area contributed by atoms with Crippen molar-refractivity contribution in [2.45, 2.75) is 32.2 Å². The molecule has 2 aromatic rings. The smallest absolute Gasteiger partial charge is 0.331 e. The van der Waals surface area contributed by atoms with Crippen LogP contribution in [0.4, 0.5) is 5.69 Å². The molecule has 0 fully saturated rings. The van der Waals surface area contributed by atoms with Gasteiger partial charge in [-0.15, -0.1) is 0 Å². The third-order valence-corrected chi connectivity index (χ3v) is 4.05. The van der Waals surface area contributed by atoms with Gasteiger partial charge in [-0.25, -0.2) is 4.79 Å². The molecule has 124 valence electrons. The minimum absolute atomic E-state index is 0.206. The monoisotopic (exact) mass is 322 g/mol. The second-order valence-electron chi connectivity index (χ2n) is 5.83. The maximum absolute atomic E-state index is 12.5. The lowest BCUT2D eigenvalue weighted by Gasteiger charge is -2.22. The molecule has 0 radical (unpaired) electrons. The van der Waals surface area contributed by atoms with E-state index in [0.29, 0.717) is 13.0 Å². The van der Waals surface area contributed by atoms with Crippen molar-refractivity contribution in [1.29, 1.82) is 0 Å². The van der Waals surface area contributed by atoms with Gasteiger partial charge in [0.25, 0.3) is 0 Å². The Morgan fingerprint density at radius 1 is 1.12 bits per heavy atom. The number of esters is 1. The van der Waals surface area contributed by atoms with Crippen molar-refractivity contribution in [3.05, 3.63) is 66.2 Å². The van der Waals surface area contributed by atoms with Gasteiger partial charge in [0.15, 0.2) is 6.04 Å². The summed E-state index contributed by atoms with van der Waals surface area (Å²) in [6.45, 7) is 2.55. The maximum atomic E-state index is 12.5. The third kappa shape index (κ3) is 3.65. The number of carbonyl (C=O) groups excluding carboxylic acids is 1. The average molecular weight is 322 g/mol. The molecule has 1 atom stereocenters. The van der Waals surface area contributed by atoms with Crippen LogP contribution in [-0.2, 0) is 9.53 Å². The lowest BCUT2D eigenvalue weighted by atomic mass is 10.0. The predicted octanol–water partition coefficient (Wildman–Crippen LogP) is 4.01. The molecule has 0 aliphatic carbocycles. The first-order chi connectivity index (χ1) is 11.8. The number of hydrazone groups is 1. The van der Waals surface area contributed by atoms with Gasteiger partial charge in [0, 0.05) is 6.42 Å². The molecule has 0 aromatic heterocycles. The van der Waals surface area contributed by atoms with Crippen molar-refractivity contribution in [2.75, 3.05) is 11.6 Å². The molecule has 1 unspecified atom stereocenters. The minimum Gasteiger partial charge on any atom is -0.464 e. The Morgan fingerprint density at radius 3 is 2.46 bits per heavy atom. The van der Waals surface area contributed by atoms with Crippen LogP contribution >= 0.6 is 0 Å². The van der Waals surface area contributed by atoms with Crippen LogP contribution in [-0.4, -0.2) is 24.3 Å². The molecule has 1 heterocycles. The lowest BCUT2D eigenvalue weighted by molar-refractivity contribution is -0.145. The quantitative estimate of drug-likeness (QED) is 0.596. The second-order valence-corrected chi connectivity index (χ2v) is 5.83. The molecular weight excluding hydrogens is 300 g/mol. The Labute approximate surface area is 142 Å². The zero-order valence-electron chi connectivity index (χ0n) is 13.9. The fourth-order valence-electron chi connectivity index (χ4n) is 2.73.